The number of nitrogens with zero attached hydrogens (tertiary/aromatic N) is 1. The highest BCUT2D eigenvalue weighted by atomic mass is 79.9. The number of benzene rings is 2. The second-order valence-corrected chi connectivity index (χ2v) is 7.94. The number of hydrazone groups is 1. The molecule has 0 aliphatic rings. The van der Waals surface area contributed by atoms with Crippen LogP contribution in [0.4, 0.5) is 0 Å². The van der Waals surface area contributed by atoms with Crippen molar-refractivity contribution in [3.8, 4) is 17.2 Å². The molecule has 0 aliphatic carbocycles. The molecule has 0 atom stereocenters. The fourth-order valence-electron chi connectivity index (χ4n) is 2.36. The normalized spacial score (nSPS) is 11.4. The van der Waals surface area contributed by atoms with Gasteiger partial charge in [0.2, 0.25) is 0 Å². The highest BCUT2D eigenvalue weighted by molar-refractivity contribution is 9.10. The number of rotatable bonds is 7. The Balaban J connectivity index is 1.92. The number of carbonyl (C=O) groups is 1. The van der Waals surface area contributed by atoms with E-state index < -0.39 is 0 Å². The van der Waals surface area contributed by atoms with Gasteiger partial charge < -0.3 is 14.2 Å². The molecule has 28 heavy (non-hydrogen) atoms. The van der Waals surface area contributed by atoms with E-state index in [0.717, 1.165) is 4.47 Å². The Kier molecular flexibility index (Phi) is 7.45. The summed E-state index contributed by atoms with van der Waals surface area (Å²) in [6.07, 6.45) is 1.50. The van der Waals surface area contributed by atoms with E-state index in [1.807, 2.05) is 18.2 Å². The maximum atomic E-state index is 12.0. The van der Waals surface area contributed by atoms with Crippen molar-refractivity contribution in [2.24, 2.45) is 5.10 Å². The molecule has 0 aromatic heterocycles. The molecule has 0 spiro atoms. The second-order valence-electron chi connectivity index (χ2n) is 7.08. The summed E-state index contributed by atoms with van der Waals surface area (Å²) in [6.45, 7) is 6.26. The van der Waals surface area contributed by atoms with Gasteiger partial charge in [-0.2, -0.15) is 5.10 Å². The molecule has 2 rings (SSSR count). The average molecular weight is 449 g/mol. The van der Waals surface area contributed by atoms with E-state index in [9.17, 15) is 4.79 Å². The molecule has 0 bridgehead atoms. The second kappa shape index (κ2) is 9.59. The molecule has 0 saturated carbocycles. The van der Waals surface area contributed by atoms with Crippen LogP contribution in [0, 0.1) is 0 Å². The fraction of sp³-hybridized carbons (Fsp3) is 0.333. The molecule has 1 N–H and O–H groups in total. The first-order chi connectivity index (χ1) is 13.2. The lowest BCUT2D eigenvalue weighted by molar-refractivity contribution is -0.123. The average Bonchev–Trinajstić information content (AvgIpc) is 2.66. The van der Waals surface area contributed by atoms with Crippen LogP contribution in [-0.4, -0.2) is 32.9 Å². The molecule has 0 fully saturated rings. The predicted octanol–water partition coefficient (Wildman–Crippen LogP) is 4.29. The van der Waals surface area contributed by atoms with Crippen molar-refractivity contribution in [2.75, 3.05) is 20.8 Å². The predicted molar refractivity (Wildman–Crippen MR) is 114 cm³/mol. The Morgan fingerprint density at radius 2 is 1.86 bits per heavy atom. The van der Waals surface area contributed by atoms with Gasteiger partial charge in [0.25, 0.3) is 5.91 Å². The van der Waals surface area contributed by atoms with Crippen LogP contribution < -0.4 is 19.6 Å². The SMILES string of the molecule is COc1ccc(/C=N/NC(=O)COc2ccc(C(C)(C)C)cc2Br)c(OC)c1. The molecule has 0 radical (unpaired) electrons. The third kappa shape index (κ3) is 5.99. The van der Waals surface area contributed by atoms with E-state index in [0.29, 0.717) is 22.8 Å². The Morgan fingerprint density at radius 3 is 2.46 bits per heavy atom. The minimum Gasteiger partial charge on any atom is -0.497 e. The molecule has 7 heteroatoms. The zero-order valence-corrected chi connectivity index (χ0v) is 18.3. The van der Waals surface area contributed by atoms with Gasteiger partial charge in [-0.25, -0.2) is 5.43 Å². The molecule has 150 valence electrons. The number of nitrogens with one attached hydrogen (secondary N) is 1. The van der Waals surface area contributed by atoms with Gasteiger partial charge in [0.05, 0.1) is 24.9 Å². The minimum absolute atomic E-state index is 0.0374. The van der Waals surface area contributed by atoms with E-state index >= 15 is 0 Å². The minimum atomic E-state index is -0.365. The van der Waals surface area contributed by atoms with E-state index in [-0.39, 0.29) is 17.9 Å². The summed E-state index contributed by atoms with van der Waals surface area (Å²) in [5.74, 6) is 1.51. The van der Waals surface area contributed by atoms with E-state index in [1.165, 1.54) is 11.8 Å². The summed E-state index contributed by atoms with van der Waals surface area (Å²) in [4.78, 5) is 12.0. The smallest absolute Gasteiger partial charge is 0.277 e. The van der Waals surface area contributed by atoms with Crippen molar-refractivity contribution in [1.29, 1.82) is 0 Å². The number of halogens is 1. The number of methoxy groups -OCH3 is 2. The van der Waals surface area contributed by atoms with Gasteiger partial charge in [0, 0.05) is 11.6 Å². The van der Waals surface area contributed by atoms with Gasteiger partial charge in [-0.3, -0.25) is 4.79 Å². The first-order valence-electron chi connectivity index (χ1n) is 8.71. The van der Waals surface area contributed by atoms with Crippen molar-refractivity contribution in [3.63, 3.8) is 0 Å². The van der Waals surface area contributed by atoms with Crippen LogP contribution in [0.5, 0.6) is 17.2 Å². The summed E-state index contributed by atoms with van der Waals surface area (Å²) in [5, 5.41) is 3.95. The summed E-state index contributed by atoms with van der Waals surface area (Å²) in [6, 6.07) is 11.2. The van der Waals surface area contributed by atoms with Gasteiger partial charge in [-0.1, -0.05) is 26.8 Å². The van der Waals surface area contributed by atoms with Gasteiger partial charge in [-0.05, 0) is 51.2 Å². The quantitative estimate of drug-likeness (QED) is 0.506. The monoisotopic (exact) mass is 448 g/mol. The number of amides is 1. The van der Waals surface area contributed by atoms with Crippen LogP contribution in [0.3, 0.4) is 0 Å². The van der Waals surface area contributed by atoms with Crippen molar-refractivity contribution >= 4 is 28.1 Å². The molecular formula is C21H25BrN2O4. The standard InChI is InChI=1S/C21H25BrN2O4/c1-21(2,3)15-7-9-18(17(22)10-15)28-13-20(25)24-23-12-14-6-8-16(26-4)11-19(14)27-5/h6-12H,13H2,1-5H3,(H,24,25)/b23-12+. The summed E-state index contributed by atoms with van der Waals surface area (Å²) in [7, 11) is 3.14. The Hall–Kier alpha value is -2.54. The summed E-state index contributed by atoms with van der Waals surface area (Å²) in [5.41, 5.74) is 4.37. The zero-order chi connectivity index (χ0) is 20.7. The first kappa shape index (κ1) is 21.8. The topological polar surface area (TPSA) is 69.2 Å². The van der Waals surface area contributed by atoms with Crippen LogP contribution in [0.1, 0.15) is 31.9 Å². The lowest BCUT2D eigenvalue weighted by Crippen LogP contribution is -2.24. The van der Waals surface area contributed by atoms with E-state index in [2.05, 4.69) is 47.2 Å². The molecule has 0 unspecified atom stereocenters. The van der Waals surface area contributed by atoms with E-state index in [4.69, 9.17) is 14.2 Å². The molecular weight excluding hydrogens is 424 g/mol. The molecule has 2 aromatic rings. The lowest BCUT2D eigenvalue weighted by atomic mass is 9.87. The molecule has 0 saturated heterocycles. The van der Waals surface area contributed by atoms with Crippen molar-refractivity contribution in [2.45, 2.75) is 26.2 Å². The first-order valence-corrected chi connectivity index (χ1v) is 9.50. The Bertz CT molecular complexity index is 860. The highest BCUT2D eigenvalue weighted by Crippen LogP contribution is 2.31. The highest BCUT2D eigenvalue weighted by Gasteiger charge is 2.15. The molecule has 2 aromatic carbocycles. The van der Waals surface area contributed by atoms with Crippen molar-refractivity contribution in [3.05, 3.63) is 52.0 Å². The Labute approximate surface area is 174 Å². The van der Waals surface area contributed by atoms with Gasteiger partial charge in [0.15, 0.2) is 6.61 Å². The maximum absolute atomic E-state index is 12.0. The van der Waals surface area contributed by atoms with Crippen LogP contribution in [0.15, 0.2) is 46.0 Å². The van der Waals surface area contributed by atoms with Crippen molar-refractivity contribution in [1.82, 2.24) is 5.43 Å². The van der Waals surface area contributed by atoms with Gasteiger partial charge >= 0.3 is 0 Å². The number of ether oxygens (including phenoxy) is 3. The maximum Gasteiger partial charge on any atom is 0.277 e. The van der Waals surface area contributed by atoms with Crippen LogP contribution >= 0.6 is 15.9 Å². The van der Waals surface area contributed by atoms with Gasteiger partial charge in [-0.15, -0.1) is 0 Å². The molecule has 1 amide bonds. The molecule has 6 nitrogen and oxygen atoms in total. The van der Waals surface area contributed by atoms with Crippen LogP contribution in [0.25, 0.3) is 0 Å². The third-order valence-electron chi connectivity index (χ3n) is 3.99. The van der Waals surface area contributed by atoms with Crippen molar-refractivity contribution < 1.29 is 19.0 Å². The summed E-state index contributed by atoms with van der Waals surface area (Å²) < 4.78 is 16.8. The molecule has 0 heterocycles. The Morgan fingerprint density at radius 1 is 1.11 bits per heavy atom. The molecule has 0 aliphatic heterocycles. The van der Waals surface area contributed by atoms with E-state index in [1.54, 1.807) is 32.4 Å². The number of hydrogen-bond acceptors (Lipinski definition) is 5. The zero-order valence-electron chi connectivity index (χ0n) is 16.7. The number of hydrogen-bond donors (Lipinski definition) is 1. The summed E-state index contributed by atoms with van der Waals surface area (Å²) >= 11 is 3.49. The van der Waals surface area contributed by atoms with Gasteiger partial charge in [0.1, 0.15) is 17.2 Å². The fourth-order valence-corrected chi connectivity index (χ4v) is 2.85. The lowest BCUT2D eigenvalue weighted by Gasteiger charge is -2.20. The number of carbonyl (C=O) groups excluding carboxylic acids is 1. The van der Waals surface area contributed by atoms with Crippen LogP contribution in [0.2, 0.25) is 0 Å². The largest absolute Gasteiger partial charge is 0.497 e. The van der Waals surface area contributed by atoms with Crippen LogP contribution in [-0.2, 0) is 10.2 Å². The third-order valence-corrected chi connectivity index (χ3v) is 4.61.